The molecule has 0 saturated carbocycles. The minimum absolute atomic E-state index is 0. The molecule has 1 atom stereocenters. The van der Waals surface area contributed by atoms with Gasteiger partial charge in [-0.05, 0) is 127 Å². The Labute approximate surface area is 262 Å². The van der Waals surface area contributed by atoms with E-state index < -0.39 is 12.0 Å². The van der Waals surface area contributed by atoms with E-state index in [2.05, 4.69) is 90.4 Å². The lowest BCUT2D eigenvalue weighted by Crippen LogP contribution is -2.32. The molecule has 4 N–H and O–H groups in total. The lowest BCUT2D eigenvalue weighted by Gasteiger charge is -2.14. The van der Waals surface area contributed by atoms with Crippen LogP contribution in [0.2, 0.25) is 0 Å². The first-order chi connectivity index (χ1) is 11.2. The molecule has 0 bridgehead atoms. The summed E-state index contributed by atoms with van der Waals surface area (Å²) in [7, 11) is 0. The van der Waals surface area contributed by atoms with Crippen molar-refractivity contribution in [2.24, 2.45) is 5.73 Å². The molecular formula is C15H14I7NO4. The zero-order chi connectivity index (χ0) is 18.0. The van der Waals surface area contributed by atoms with Crippen LogP contribution < -0.4 is 10.5 Å². The molecule has 0 heterocycles. The van der Waals surface area contributed by atoms with Gasteiger partial charge in [0.15, 0.2) is 5.75 Å². The Morgan fingerprint density at radius 1 is 0.963 bits per heavy atom. The van der Waals surface area contributed by atoms with Crippen LogP contribution in [-0.2, 0) is 11.2 Å². The molecule has 27 heavy (non-hydrogen) atoms. The first kappa shape index (κ1) is 31.8. The van der Waals surface area contributed by atoms with E-state index >= 15 is 0 Å². The molecule has 0 fully saturated rings. The summed E-state index contributed by atoms with van der Waals surface area (Å²) in [6.45, 7) is 0. The summed E-state index contributed by atoms with van der Waals surface area (Å²) < 4.78 is 9.14. The Bertz CT molecular complexity index is 758. The van der Waals surface area contributed by atoms with Crippen molar-refractivity contribution in [3.63, 3.8) is 0 Å². The van der Waals surface area contributed by atoms with E-state index in [9.17, 15) is 9.90 Å². The van der Waals surface area contributed by atoms with Gasteiger partial charge in [-0.25, -0.2) is 0 Å². The van der Waals surface area contributed by atoms with Crippen LogP contribution in [0.3, 0.4) is 0 Å². The maximum absolute atomic E-state index is 10.9. The van der Waals surface area contributed by atoms with Gasteiger partial charge in [0, 0.05) is 0 Å². The minimum atomic E-state index is -1.02. The highest BCUT2D eigenvalue weighted by Gasteiger charge is 2.16. The number of aliphatic carboxylic acids is 1. The molecule has 0 amide bonds. The maximum Gasteiger partial charge on any atom is 0.320 e. The number of ether oxygens (including phenoxy) is 1. The molecule has 152 valence electrons. The van der Waals surface area contributed by atoms with Crippen LogP contribution in [0.25, 0.3) is 0 Å². The van der Waals surface area contributed by atoms with Crippen molar-refractivity contribution >= 4 is 168 Å². The normalized spacial score (nSPS) is 10.7. The fourth-order valence-electron chi connectivity index (χ4n) is 1.89. The number of halogens is 7. The fourth-order valence-corrected chi connectivity index (χ4v) is 5.72. The summed E-state index contributed by atoms with van der Waals surface area (Å²) in [5, 5.41) is 18.8. The highest BCUT2D eigenvalue weighted by atomic mass is 127. The van der Waals surface area contributed by atoms with Crippen LogP contribution in [0.4, 0.5) is 0 Å². The molecule has 2 rings (SSSR count). The second kappa shape index (κ2) is 14.6. The standard InChI is InChI=1S/C15H11I4NO4.3HI/c16-8-4-7(5-9(17)13(8)21)24-14-10(18)1-6(2-11(14)19)3-12(20)15(22)23;;;/h1-2,4-5,12,21H,3,20H2,(H,22,23);3*1H. The predicted octanol–water partition coefficient (Wildman–Crippen LogP) is 6.41. The first-order valence-corrected chi connectivity index (χ1v) is 10.8. The van der Waals surface area contributed by atoms with Crippen LogP contribution >= 0.6 is 162 Å². The van der Waals surface area contributed by atoms with Crippen LogP contribution in [0, 0.1) is 14.3 Å². The van der Waals surface area contributed by atoms with Gasteiger partial charge in [0.2, 0.25) is 0 Å². The summed E-state index contributed by atoms with van der Waals surface area (Å²) in [5.74, 6) is 0.549. The van der Waals surface area contributed by atoms with Gasteiger partial charge in [-0.15, -0.1) is 71.9 Å². The second-order valence-corrected chi connectivity index (χ2v) is 9.52. The van der Waals surface area contributed by atoms with E-state index in [4.69, 9.17) is 15.6 Å². The molecule has 0 aromatic heterocycles. The summed E-state index contributed by atoms with van der Waals surface area (Å²) in [5.41, 5.74) is 6.44. The van der Waals surface area contributed by atoms with Gasteiger partial charge in [0.1, 0.15) is 17.5 Å². The van der Waals surface area contributed by atoms with Gasteiger partial charge in [0.25, 0.3) is 0 Å². The highest BCUT2D eigenvalue weighted by molar-refractivity contribution is 14.1. The van der Waals surface area contributed by atoms with Crippen molar-refractivity contribution < 1.29 is 19.7 Å². The van der Waals surface area contributed by atoms with Gasteiger partial charge in [-0.2, -0.15) is 0 Å². The topological polar surface area (TPSA) is 92.8 Å². The molecule has 0 saturated heterocycles. The quantitative estimate of drug-likeness (QED) is 0.302. The van der Waals surface area contributed by atoms with Gasteiger partial charge in [0.05, 0.1) is 14.3 Å². The number of hydrogen-bond acceptors (Lipinski definition) is 4. The van der Waals surface area contributed by atoms with Crippen LogP contribution in [0.1, 0.15) is 5.56 Å². The number of benzene rings is 2. The van der Waals surface area contributed by atoms with Gasteiger partial charge >= 0.3 is 5.97 Å². The van der Waals surface area contributed by atoms with E-state index in [0.29, 0.717) is 18.6 Å². The molecule has 5 nitrogen and oxygen atoms in total. The lowest BCUT2D eigenvalue weighted by atomic mass is 10.1. The number of aromatic hydroxyl groups is 1. The first-order valence-electron chi connectivity index (χ1n) is 6.51. The highest BCUT2D eigenvalue weighted by Crippen LogP contribution is 2.36. The molecule has 0 aliphatic heterocycles. The number of phenols is 1. The van der Waals surface area contributed by atoms with Crippen molar-refractivity contribution in [3.05, 3.63) is 44.1 Å². The van der Waals surface area contributed by atoms with Crippen molar-refractivity contribution in [2.45, 2.75) is 12.5 Å². The summed E-state index contributed by atoms with van der Waals surface area (Å²) >= 11 is 8.42. The summed E-state index contributed by atoms with van der Waals surface area (Å²) in [4.78, 5) is 10.9. The smallest absolute Gasteiger partial charge is 0.320 e. The third kappa shape index (κ3) is 9.31. The third-order valence-corrected chi connectivity index (χ3v) is 6.29. The van der Waals surface area contributed by atoms with Gasteiger partial charge in [-0.1, -0.05) is 0 Å². The monoisotopic (exact) mass is 1160 g/mol. The van der Waals surface area contributed by atoms with Crippen LogP contribution in [-0.4, -0.2) is 22.2 Å². The number of carboxylic acid groups (broad SMARTS) is 1. The molecule has 12 heteroatoms. The predicted molar refractivity (Wildman–Crippen MR) is 171 cm³/mol. The van der Waals surface area contributed by atoms with Crippen molar-refractivity contribution in [3.8, 4) is 17.2 Å². The Morgan fingerprint density at radius 2 is 1.41 bits per heavy atom. The van der Waals surface area contributed by atoms with E-state index in [1.165, 1.54) is 0 Å². The number of rotatable bonds is 5. The van der Waals surface area contributed by atoms with E-state index in [0.717, 1.165) is 12.7 Å². The third-order valence-electron chi connectivity index (χ3n) is 3.04. The number of carbonyl (C=O) groups is 1. The number of hydrogen-bond donors (Lipinski definition) is 3. The molecule has 2 aromatic rings. The Hall–Kier alpha value is 2.58. The zero-order valence-electron chi connectivity index (χ0n) is 13.1. The Morgan fingerprint density at radius 3 is 1.81 bits per heavy atom. The molecule has 0 radical (unpaired) electrons. The second-order valence-electron chi connectivity index (χ2n) is 4.88. The number of nitrogens with two attached hydrogens (primary N) is 1. The average molecular weight is 1160 g/mol. The van der Waals surface area contributed by atoms with Crippen LogP contribution in [0.15, 0.2) is 24.3 Å². The largest absolute Gasteiger partial charge is 0.506 e. The van der Waals surface area contributed by atoms with Crippen molar-refractivity contribution in [1.82, 2.24) is 0 Å². The zero-order valence-corrected chi connectivity index (χ0v) is 28.7. The average Bonchev–Trinajstić information content (AvgIpc) is 2.48. The molecule has 0 spiro atoms. The lowest BCUT2D eigenvalue weighted by molar-refractivity contribution is -0.138. The van der Waals surface area contributed by atoms with Crippen LogP contribution in [0.5, 0.6) is 17.2 Å². The SMILES string of the molecule is I.I.I.NC(Cc1cc(I)c(Oc2cc(I)c(O)c(I)c2)c(I)c1)C(=O)O. The summed E-state index contributed by atoms with van der Waals surface area (Å²) in [6, 6.07) is 6.34. The van der Waals surface area contributed by atoms with Crippen molar-refractivity contribution in [2.75, 3.05) is 0 Å². The van der Waals surface area contributed by atoms with E-state index in [-0.39, 0.29) is 84.1 Å². The number of carboxylic acids is 1. The fraction of sp³-hybridized carbons (Fsp3) is 0.133. The number of phenolic OH excluding ortho intramolecular Hbond substituents is 1. The molecular weight excluding hydrogens is 1150 g/mol. The summed E-state index contributed by atoms with van der Waals surface area (Å²) in [6.07, 6.45) is 0.261. The van der Waals surface area contributed by atoms with Gasteiger partial charge < -0.3 is 20.7 Å². The maximum atomic E-state index is 10.9. The Balaban J connectivity index is 0. The molecule has 0 aliphatic carbocycles. The van der Waals surface area contributed by atoms with Gasteiger partial charge in [-0.3, -0.25) is 4.79 Å². The van der Waals surface area contributed by atoms with E-state index in [1.54, 1.807) is 12.1 Å². The van der Waals surface area contributed by atoms with Crippen molar-refractivity contribution in [1.29, 1.82) is 0 Å². The van der Waals surface area contributed by atoms with E-state index in [1.807, 2.05) is 12.1 Å². The molecule has 0 aliphatic rings. The molecule has 2 aromatic carbocycles. The minimum Gasteiger partial charge on any atom is -0.506 e. The Kier molecular flexibility index (Phi) is 17.2. The molecule has 1 unspecified atom stereocenters.